The zero-order valence-corrected chi connectivity index (χ0v) is 19.5. The van der Waals surface area contributed by atoms with E-state index < -0.39 is 6.03 Å². The molecule has 0 unspecified atom stereocenters. The van der Waals surface area contributed by atoms with E-state index in [1.165, 1.54) is 31.4 Å². The van der Waals surface area contributed by atoms with E-state index >= 15 is 0 Å². The molecule has 4 heterocycles. The molecule has 4 amide bonds. The van der Waals surface area contributed by atoms with E-state index in [4.69, 9.17) is 0 Å². The lowest BCUT2D eigenvalue weighted by atomic mass is 10.1. The number of amides is 4. The molecule has 8 nitrogen and oxygen atoms in total. The van der Waals surface area contributed by atoms with Gasteiger partial charge < -0.3 is 4.90 Å². The van der Waals surface area contributed by atoms with Gasteiger partial charge in [0.1, 0.15) is 0 Å². The Morgan fingerprint density at radius 3 is 2.59 bits per heavy atom. The second-order valence-corrected chi connectivity index (χ2v) is 9.90. The summed E-state index contributed by atoms with van der Waals surface area (Å²) in [5, 5.41) is 8.56. The molecule has 1 aromatic heterocycles. The molecule has 3 aromatic rings. The van der Waals surface area contributed by atoms with Crippen LogP contribution in [0.15, 0.2) is 47.8 Å². The third-order valence-electron chi connectivity index (χ3n) is 6.87. The molecule has 0 saturated carbocycles. The van der Waals surface area contributed by atoms with Gasteiger partial charge in [-0.3, -0.25) is 19.8 Å². The first-order valence-corrected chi connectivity index (χ1v) is 12.4. The molecule has 3 aliphatic heterocycles. The summed E-state index contributed by atoms with van der Waals surface area (Å²) < 4.78 is 1.33. The molecule has 0 aliphatic carbocycles. The molecule has 0 atom stereocenters. The Hall–Kier alpha value is -3.43. The minimum absolute atomic E-state index is 0.192. The van der Waals surface area contributed by atoms with E-state index in [9.17, 15) is 14.4 Å². The number of carbonyl (C=O) groups is 3. The quantitative estimate of drug-likeness (QED) is 0.628. The summed E-state index contributed by atoms with van der Waals surface area (Å²) >= 11 is 1.78. The molecule has 9 heteroatoms. The molecule has 2 aromatic carbocycles. The highest BCUT2D eigenvalue weighted by Crippen LogP contribution is 2.31. The maximum Gasteiger partial charge on any atom is 0.342 e. The van der Waals surface area contributed by atoms with Crippen molar-refractivity contribution < 1.29 is 14.4 Å². The topological polar surface area (TPSA) is 76.2 Å². The van der Waals surface area contributed by atoms with Gasteiger partial charge in [0.05, 0.1) is 13.1 Å². The summed E-state index contributed by atoms with van der Waals surface area (Å²) in [5.41, 5.74) is 4.04. The Morgan fingerprint density at radius 2 is 1.76 bits per heavy atom. The maximum absolute atomic E-state index is 12.9. The number of imide groups is 1. The summed E-state index contributed by atoms with van der Waals surface area (Å²) in [6, 6.07) is 14.2. The van der Waals surface area contributed by atoms with Gasteiger partial charge in [0.2, 0.25) is 5.91 Å². The molecular formula is C25H25N5O3S. The molecule has 34 heavy (non-hydrogen) atoms. The van der Waals surface area contributed by atoms with Crippen LogP contribution >= 0.6 is 11.3 Å². The number of anilines is 1. The minimum Gasteiger partial charge on any atom is -0.368 e. The average Bonchev–Trinajstić information content (AvgIpc) is 3.44. The highest BCUT2D eigenvalue weighted by atomic mass is 32.1. The van der Waals surface area contributed by atoms with E-state index in [2.05, 4.69) is 50.8 Å². The van der Waals surface area contributed by atoms with Crippen molar-refractivity contribution >= 4 is 45.0 Å². The van der Waals surface area contributed by atoms with Crippen molar-refractivity contribution in [3.05, 3.63) is 64.5 Å². The van der Waals surface area contributed by atoms with Gasteiger partial charge >= 0.3 is 6.03 Å². The van der Waals surface area contributed by atoms with Gasteiger partial charge in [0, 0.05) is 60.5 Å². The number of nitrogens with one attached hydrogen (secondary N) is 1. The van der Waals surface area contributed by atoms with Gasteiger partial charge in [-0.05, 0) is 40.8 Å². The standard InChI is InChI=1S/C25H25N5O3S/c31-23-6-8-29(25(33)26-23)30-16-18-14-17(4-5-19(18)24(30)32)15-27-9-11-28(12-10-27)21-2-1-3-22-20(21)7-13-34-22/h1-5,7,13-14H,6,8-12,15-16H2,(H,26,31,33). The second-order valence-electron chi connectivity index (χ2n) is 8.95. The average molecular weight is 476 g/mol. The predicted molar refractivity (Wildman–Crippen MR) is 130 cm³/mol. The number of hydrogen-bond acceptors (Lipinski definition) is 6. The van der Waals surface area contributed by atoms with Gasteiger partial charge in [-0.15, -0.1) is 11.3 Å². The normalized spacial score (nSPS) is 19.2. The summed E-state index contributed by atoms with van der Waals surface area (Å²) in [6.07, 6.45) is 0.198. The van der Waals surface area contributed by atoms with E-state index in [-0.39, 0.29) is 24.8 Å². The number of fused-ring (bicyclic) bond motifs is 2. The highest BCUT2D eigenvalue weighted by Gasteiger charge is 2.37. The zero-order valence-electron chi connectivity index (χ0n) is 18.7. The number of thiophene rings is 1. The van der Waals surface area contributed by atoms with Crippen LogP contribution in [0, 0.1) is 0 Å². The number of hydrazine groups is 1. The lowest BCUT2D eigenvalue weighted by Crippen LogP contribution is -2.56. The number of benzene rings is 2. The van der Waals surface area contributed by atoms with Crippen LogP contribution in [-0.2, 0) is 17.9 Å². The van der Waals surface area contributed by atoms with E-state index in [1.54, 1.807) is 11.3 Å². The number of carbonyl (C=O) groups excluding carboxylic acids is 3. The summed E-state index contributed by atoms with van der Waals surface area (Å²) in [5.74, 6) is -0.498. The van der Waals surface area contributed by atoms with E-state index in [0.29, 0.717) is 12.1 Å². The highest BCUT2D eigenvalue weighted by molar-refractivity contribution is 7.17. The number of nitrogens with zero attached hydrogens (tertiary/aromatic N) is 4. The van der Waals surface area contributed by atoms with Crippen LogP contribution < -0.4 is 10.2 Å². The van der Waals surface area contributed by atoms with Gasteiger partial charge in [0.15, 0.2) is 0 Å². The largest absolute Gasteiger partial charge is 0.368 e. The fourth-order valence-electron chi connectivity index (χ4n) is 5.10. The number of piperazine rings is 1. The molecule has 2 fully saturated rings. The monoisotopic (exact) mass is 475 g/mol. The van der Waals surface area contributed by atoms with Gasteiger partial charge in [0.25, 0.3) is 5.91 Å². The van der Waals surface area contributed by atoms with Crippen LogP contribution in [0.1, 0.15) is 27.9 Å². The van der Waals surface area contributed by atoms with Crippen molar-refractivity contribution in [3.63, 3.8) is 0 Å². The first kappa shape index (κ1) is 21.1. The number of hydrogen-bond donors (Lipinski definition) is 1. The maximum atomic E-state index is 12.9. The van der Waals surface area contributed by atoms with Crippen LogP contribution in [0.25, 0.3) is 10.1 Å². The third kappa shape index (κ3) is 3.70. The molecule has 174 valence electrons. The fraction of sp³-hybridized carbons (Fsp3) is 0.320. The Labute approximate surface area is 201 Å². The fourth-order valence-corrected chi connectivity index (χ4v) is 5.90. The van der Waals surface area contributed by atoms with E-state index in [0.717, 1.165) is 38.3 Å². The van der Waals surface area contributed by atoms with Crippen LogP contribution in [0.5, 0.6) is 0 Å². The Bertz CT molecular complexity index is 1300. The lowest BCUT2D eigenvalue weighted by molar-refractivity contribution is -0.123. The Kier molecular flexibility index (Phi) is 5.23. The lowest BCUT2D eigenvalue weighted by Gasteiger charge is -2.36. The minimum atomic E-state index is -0.534. The van der Waals surface area contributed by atoms with Gasteiger partial charge in [-0.25, -0.2) is 14.8 Å². The van der Waals surface area contributed by atoms with Crippen LogP contribution in [-0.4, -0.2) is 65.5 Å². The molecule has 0 radical (unpaired) electrons. The number of rotatable bonds is 4. The summed E-state index contributed by atoms with van der Waals surface area (Å²) in [4.78, 5) is 41.4. The van der Waals surface area contributed by atoms with Crippen molar-refractivity contribution in [3.8, 4) is 0 Å². The molecular weight excluding hydrogens is 450 g/mol. The molecule has 3 aliphatic rings. The van der Waals surface area contributed by atoms with Crippen molar-refractivity contribution in [2.45, 2.75) is 19.5 Å². The van der Waals surface area contributed by atoms with Gasteiger partial charge in [-0.1, -0.05) is 18.2 Å². The SMILES string of the molecule is O=C1CCN(N2Cc3cc(CN4CCN(c5cccc6sccc56)CC4)ccc3C2=O)C(=O)N1. The zero-order chi connectivity index (χ0) is 23.2. The molecule has 2 saturated heterocycles. The van der Waals surface area contributed by atoms with Crippen LogP contribution in [0.2, 0.25) is 0 Å². The Balaban J connectivity index is 1.10. The predicted octanol–water partition coefficient (Wildman–Crippen LogP) is 3.04. The molecule has 1 N–H and O–H groups in total. The molecule has 6 rings (SSSR count). The van der Waals surface area contributed by atoms with Crippen LogP contribution in [0.4, 0.5) is 10.5 Å². The third-order valence-corrected chi connectivity index (χ3v) is 7.75. The number of urea groups is 1. The van der Waals surface area contributed by atoms with Crippen molar-refractivity contribution in [2.24, 2.45) is 0 Å². The summed E-state index contributed by atoms with van der Waals surface area (Å²) in [6.45, 7) is 5.32. The first-order valence-electron chi connectivity index (χ1n) is 11.6. The van der Waals surface area contributed by atoms with Crippen molar-refractivity contribution in [1.29, 1.82) is 0 Å². The molecule has 0 spiro atoms. The van der Waals surface area contributed by atoms with E-state index in [1.807, 2.05) is 12.1 Å². The van der Waals surface area contributed by atoms with Crippen molar-refractivity contribution in [1.82, 2.24) is 20.2 Å². The van der Waals surface area contributed by atoms with Gasteiger partial charge in [-0.2, -0.15) is 0 Å². The molecule has 0 bridgehead atoms. The second kappa shape index (κ2) is 8.41. The summed E-state index contributed by atoms with van der Waals surface area (Å²) in [7, 11) is 0. The van der Waals surface area contributed by atoms with Crippen molar-refractivity contribution in [2.75, 3.05) is 37.6 Å². The first-order chi connectivity index (χ1) is 16.6. The smallest absolute Gasteiger partial charge is 0.342 e. The Morgan fingerprint density at radius 1 is 0.912 bits per heavy atom. The van der Waals surface area contributed by atoms with Crippen LogP contribution in [0.3, 0.4) is 0 Å².